The zero-order valence-electron chi connectivity index (χ0n) is 12.0. The maximum absolute atomic E-state index is 5.35. The van der Waals surface area contributed by atoms with Gasteiger partial charge in [-0.15, -0.1) is 0 Å². The number of hydrogen-bond donors (Lipinski definition) is 0. The molecule has 0 saturated carbocycles. The lowest BCUT2D eigenvalue weighted by molar-refractivity contribution is 0.261. The third-order valence-corrected chi connectivity index (χ3v) is 5.15. The van der Waals surface area contributed by atoms with Crippen LogP contribution in [-0.4, -0.2) is 7.11 Å². The molecular weight excluding hydrogens is 244 g/mol. The molecule has 0 saturated heterocycles. The molecular formula is C19H20O. The first-order chi connectivity index (χ1) is 9.78. The molecule has 0 aliphatic heterocycles. The van der Waals surface area contributed by atoms with Gasteiger partial charge in [0.05, 0.1) is 7.11 Å². The summed E-state index contributed by atoms with van der Waals surface area (Å²) in [5.41, 5.74) is 6.65. The predicted molar refractivity (Wildman–Crippen MR) is 81.3 cm³/mol. The second-order valence-corrected chi connectivity index (χ2v) is 6.43. The molecule has 1 heteroatoms. The van der Waals surface area contributed by atoms with Crippen LogP contribution in [0.25, 0.3) is 0 Å². The molecule has 0 heterocycles. The van der Waals surface area contributed by atoms with E-state index < -0.39 is 0 Å². The standard InChI is InChI=1S/C19H20O/c1-20-18-7-6-17-13-19(9-8-14(17)10-18)11-15-4-2-3-5-16(15)12-19/h2-7,10H,8-9,11-13H2,1H3. The maximum atomic E-state index is 5.35. The van der Waals surface area contributed by atoms with E-state index in [1.54, 1.807) is 18.2 Å². The summed E-state index contributed by atoms with van der Waals surface area (Å²) in [6, 6.07) is 15.6. The molecule has 1 spiro atoms. The lowest BCUT2D eigenvalue weighted by Crippen LogP contribution is -2.29. The average Bonchev–Trinajstić information content (AvgIpc) is 2.84. The predicted octanol–water partition coefficient (Wildman–Crippen LogP) is 3.97. The smallest absolute Gasteiger partial charge is 0.119 e. The van der Waals surface area contributed by atoms with Crippen LogP contribution >= 0.6 is 0 Å². The molecule has 0 aromatic heterocycles. The summed E-state index contributed by atoms with van der Waals surface area (Å²) in [4.78, 5) is 0. The van der Waals surface area contributed by atoms with E-state index in [4.69, 9.17) is 4.74 Å². The molecule has 0 fully saturated rings. The molecule has 20 heavy (non-hydrogen) atoms. The zero-order valence-corrected chi connectivity index (χ0v) is 12.0. The van der Waals surface area contributed by atoms with Crippen molar-refractivity contribution in [1.82, 2.24) is 0 Å². The van der Waals surface area contributed by atoms with E-state index in [0.717, 1.165) is 5.75 Å². The molecule has 0 atom stereocenters. The third-order valence-electron chi connectivity index (χ3n) is 5.15. The third kappa shape index (κ3) is 1.84. The summed E-state index contributed by atoms with van der Waals surface area (Å²) in [6.45, 7) is 0. The molecule has 4 rings (SSSR count). The molecule has 0 amide bonds. The van der Waals surface area contributed by atoms with E-state index >= 15 is 0 Å². The van der Waals surface area contributed by atoms with Gasteiger partial charge < -0.3 is 4.74 Å². The van der Waals surface area contributed by atoms with Gasteiger partial charge in [0.2, 0.25) is 0 Å². The van der Waals surface area contributed by atoms with Gasteiger partial charge in [0, 0.05) is 0 Å². The number of hydrogen-bond acceptors (Lipinski definition) is 1. The molecule has 102 valence electrons. The summed E-state index contributed by atoms with van der Waals surface area (Å²) < 4.78 is 5.35. The summed E-state index contributed by atoms with van der Waals surface area (Å²) in [7, 11) is 1.75. The molecule has 2 aromatic rings. The van der Waals surface area contributed by atoms with Crippen molar-refractivity contribution in [1.29, 1.82) is 0 Å². The average molecular weight is 264 g/mol. The highest BCUT2D eigenvalue weighted by Gasteiger charge is 2.39. The Labute approximate surface area is 120 Å². The van der Waals surface area contributed by atoms with Crippen LogP contribution in [0, 0.1) is 5.41 Å². The Morgan fingerprint density at radius 2 is 1.50 bits per heavy atom. The lowest BCUT2D eigenvalue weighted by Gasteiger charge is -2.35. The molecule has 2 aliphatic carbocycles. The highest BCUT2D eigenvalue weighted by Crippen LogP contribution is 2.46. The maximum Gasteiger partial charge on any atom is 0.119 e. The van der Waals surface area contributed by atoms with Crippen molar-refractivity contribution in [3.63, 3.8) is 0 Å². The monoisotopic (exact) mass is 264 g/mol. The van der Waals surface area contributed by atoms with Gasteiger partial charge in [-0.25, -0.2) is 0 Å². The van der Waals surface area contributed by atoms with Crippen molar-refractivity contribution in [2.24, 2.45) is 5.41 Å². The number of benzene rings is 2. The summed E-state index contributed by atoms with van der Waals surface area (Å²) in [5.74, 6) is 0.995. The van der Waals surface area contributed by atoms with Crippen molar-refractivity contribution in [2.45, 2.75) is 32.1 Å². The first-order valence-corrected chi connectivity index (χ1v) is 7.51. The quantitative estimate of drug-likeness (QED) is 0.757. The van der Waals surface area contributed by atoms with E-state index in [-0.39, 0.29) is 0 Å². The van der Waals surface area contributed by atoms with Crippen molar-refractivity contribution >= 4 is 0 Å². The van der Waals surface area contributed by atoms with E-state index in [2.05, 4.69) is 42.5 Å². The molecule has 2 aromatic carbocycles. The Kier molecular flexibility index (Phi) is 2.63. The highest BCUT2D eigenvalue weighted by molar-refractivity contribution is 5.41. The Morgan fingerprint density at radius 1 is 0.850 bits per heavy atom. The van der Waals surface area contributed by atoms with Crippen molar-refractivity contribution in [3.8, 4) is 5.75 Å². The molecule has 0 radical (unpaired) electrons. The van der Waals surface area contributed by atoms with Crippen molar-refractivity contribution in [2.75, 3.05) is 7.11 Å². The van der Waals surface area contributed by atoms with Crippen LogP contribution in [0.1, 0.15) is 28.7 Å². The first kappa shape index (κ1) is 12.0. The topological polar surface area (TPSA) is 9.23 Å². The summed E-state index contributed by atoms with van der Waals surface area (Å²) in [5, 5.41) is 0. The van der Waals surface area contributed by atoms with Gasteiger partial charge in [-0.1, -0.05) is 30.3 Å². The van der Waals surface area contributed by atoms with Crippen molar-refractivity contribution < 1.29 is 4.74 Å². The SMILES string of the molecule is COc1ccc2c(c1)CCC1(C2)Cc2ccccc2C1. The Balaban J connectivity index is 1.65. The second-order valence-electron chi connectivity index (χ2n) is 6.43. The van der Waals surface area contributed by atoms with Gasteiger partial charge in [0.25, 0.3) is 0 Å². The molecule has 1 nitrogen and oxygen atoms in total. The fourth-order valence-corrected chi connectivity index (χ4v) is 4.10. The molecule has 0 unspecified atom stereocenters. The van der Waals surface area contributed by atoms with Crippen LogP contribution in [0.4, 0.5) is 0 Å². The highest BCUT2D eigenvalue weighted by atomic mass is 16.5. The Bertz CT molecular complexity index is 632. The van der Waals surface area contributed by atoms with Crippen LogP contribution < -0.4 is 4.74 Å². The van der Waals surface area contributed by atoms with E-state index in [9.17, 15) is 0 Å². The number of methoxy groups -OCH3 is 1. The number of ether oxygens (including phenoxy) is 1. The van der Waals surface area contributed by atoms with Gasteiger partial charge in [0.1, 0.15) is 5.75 Å². The second kappa shape index (κ2) is 4.37. The molecule has 0 bridgehead atoms. The number of fused-ring (bicyclic) bond motifs is 2. The van der Waals surface area contributed by atoms with Crippen LogP contribution in [-0.2, 0) is 25.7 Å². The minimum Gasteiger partial charge on any atom is -0.497 e. The van der Waals surface area contributed by atoms with E-state index in [1.165, 1.54) is 43.2 Å². The summed E-state index contributed by atoms with van der Waals surface area (Å²) >= 11 is 0. The summed E-state index contributed by atoms with van der Waals surface area (Å²) in [6.07, 6.45) is 6.24. The van der Waals surface area contributed by atoms with E-state index in [1.807, 2.05) is 0 Å². The Hall–Kier alpha value is -1.76. The zero-order chi connectivity index (χ0) is 13.6. The fraction of sp³-hybridized carbons (Fsp3) is 0.368. The van der Waals surface area contributed by atoms with Gasteiger partial charge in [-0.05, 0) is 71.9 Å². The molecule has 0 N–H and O–H groups in total. The number of aryl methyl sites for hydroxylation is 1. The van der Waals surface area contributed by atoms with Crippen LogP contribution in [0.2, 0.25) is 0 Å². The van der Waals surface area contributed by atoms with Crippen molar-refractivity contribution in [3.05, 3.63) is 64.7 Å². The lowest BCUT2D eigenvalue weighted by atomic mass is 9.70. The number of rotatable bonds is 1. The van der Waals surface area contributed by atoms with Gasteiger partial charge in [-0.2, -0.15) is 0 Å². The van der Waals surface area contributed by atoms with E-state index in [0.29, 0.717) is 5.41 Å². The van der Waals surface area contributed by atoms with Crippen LogP contribution in [0.15, 0.2) is 42.5 Å². The van der Waals surface area contributed by atoms with Gasteiger partial charge >= 0.3 is 0 Å². The van der Waals surface area contributed by atoms with Gasteiger partial charge in [-0.3, -0.25) is 0 Å². The first-order valence-electron chi connectivity index (χ1n) is 7.51. The molecule has 2 aliphatic rings. The fourth-order valence-electron chi connectivity index (χ4n) is 4.10. The van der Waals surface area contributed by atoms with Crippen LogP contribution in [0.3, 0.4) is 0 Å². The largest absolute Gasteiger partial charge is 0.497 e. The van der Waals surface area contributed by atoms with Crippen LogP contribution in [0.5, 0.6) is 5.75 Å². The van der Waals surface area contributed by atoms with Gasteiger partial charge in [0.15, 0.2) is 0 Å². The normalized spacial score (nSPS) is 18.6. The Morgan fingerprint density at radius 3 is 2.15 bits per heavy atom. The minimum absolute atomic E-state index is 0.477. The minimum atomic E-state index is 0.477.